The topological polar surface area (TPSA) is 135 Å². The van der Waals surface area contributed by atoms with Gasteiger partial charge >= 0.3 is 12.1 Å². The van der Waals surface area contributed by atoms with E-state index in [9.17, 15) is 19.5 Å². The first-order valence-corrected chi connectivity index (χ1v) is 14.3. The molecule has 0 saturated carbocycles. The standard InChI is InChI=1S/C32H38N4O6/c1-2-3-16-42-32(40)36(29-7-4-5-14-34-29)15-6-17-41-28-13-10-24-18-25(20-30(37)38)31(39)35(22-26(24)19-28)21-23-8-11-27(33)12-9-23/h4-5,7-14,19,25H,2-3,6,15-18,20-22,33H2,1H3,(H,37,38). The highest BCUT2D eigenvalue weighted by molar-refractivity contribution is 5.86. The summed E-state index contributed by atoms with van der Waals surface area (Å²) >= 11 is 0. The summed E-state index contributed by atoms with van der Waals surface area (Å²) in [4.78, 5) is 45.2. The average Bonchev–Trinajstić information content (AvgIpc) is 3.10. The van der Waals surface area contributed by atoms with Crippen LogP contribution < -0.4 is 15.4 Å². The molecule has 2 amide bonds. The van der Waals surface area contributed by atoms with Crippen molar-refractivity contribution in [1.82, 2.24) is 9.88 Å². The number of nitrogen functional groups attached to an aromatic ring is 1. The van der Waals surface area contributed by atoms with Crippen LogP contribution in [0.25, 0.3) is 0 Å². The summed E-state index contributed by atoms with van der Waals surface area (Å²) in [5.74, 6) is -0.684. The van der Waals surface area contributed by atoms with Crippen molar-refractivity contribution in [2.24, 2.45) is 5.92 Å². The Labute approximate surface area is 246 Å². The van der Waals surface area contributed by atoms with Crippen LogP contribution >= 0.6 is 0 Å². The number of rotatable bonds is 13. The minimum Gasteiger partial charge on any atom is -0.494 e. The number of fused-ring (bicyclic) bond motifs is 1. The molecule has 10 heteroatoms. The molecule has 0 fully saturated rings. The third kappa shape index (κ3) is 8.45. The zero-order valence-corrected chi connectivity index (χ0v) is 23.9. The van der Waals surface area contributed by atoms with E-state index >= 15 is 0 Å². The number of unbranched alkanes of at least 4 members (excludes halogenated alkanes) is 1. The molecule has 3 N–H and O–H groups in total. The number of carboxylic acid groups (broad SMARTS) is 1. The molecule has 1 aliphatic rings. The third-order valence-electron chi connectivity index (χ3n) is 7.10. The predicted molar refractivity (Wildman–Crippen MR) is 159 cm³/mol. The zero-order valence-electron chi connectivity index (χ0n) is 23.9. The number of hydrogen-bond donors (Lipinski definition) is 2. The molecular formula is C32H38N4O6. The number of benzene rings is 2. The Bertz CT molecular complexity index is 1350. The van der Waals surface area contributed by atoms with Gasteiger partial charge in [-0.15, -0.1) is 0 Å². The van der Waals surface area contributed by atoms with Crippen molar-refractivity contribution in [1.29, 1.82) is 0 Å². The molecule has 1 aromatic heterocycles. The van der Waals surface area contributed by atoms with Crippen molar-refractivity contribution < 1.29 is 29.0 Å². The highest BCUT2D eigenvalue weighted by atomic mass is 16.6. The molecule has 1 atom stereocenters. The molecule has 222 valence electrons. The lowest BCUT2D eigenvalue weighted by Crippen LogP contribution is -2.35. The second kappa shape index (κ2) is 14.9. The predicted octanol–water partition coefficient (Wildman–Crippen LogP) is 5.05. The Hall–Kier alpha value is -4.60. The highest BCUT2D eigenvalue weighted by Gasteiger charge is 2.31. The van der Waals surface area contributed by atoms with Crippen molar-refractivity contribution in [3.8, 4) is 5.75 Å². The molecule has 0 saturated heterocycles. The number of amides is 2. The fourth-order valence-electron chi connectivity index (χ4n) is 4.89. The number of aromatic nitrogens is 1. The minimum absolute atomic E-state index is 0.187. The molecular weight excluding hydrogens is 536 g/mol. The van der Waals surface area contributed by atoms with Crippen LogP contribution in [0.15, 0.2) is 66.9 Å². The van der Waals surface area contributed by atoms with E-state index in [2.05, 4.69) is 4.98 Å². The van der Waals surface area contributed by atoms with Gasteiger partial charge in [0.25, 0.3) is 0 Å². The Morgan fingerprint density at radius 1 is 1.07 bits per heavy atom. The fourth-order valence-corrected chi connectivity index (χ4v) is 4.89. The van der Waals surface area contributed by atoms with E-state index in [4.69, 9.17) is 15.2 Å². The molecule has 0 bridgehead atoms. The van der Waals surface area contributed by atoms with Crippen LogP contribution in [0.1, 0.15) is 49.3 Å². The van der Waals surface area contributed by atoms with Gasteiger partial charge in [0.05, 0.1) is 25.6 Å². The summed E-state index contributed by atoms with van der Waals surface area (Å²) in [7, 11) is 0. The SMILES string of the molecule is CCCCOC(=O)N(CCCOc1ccc2c(c1)CN(Cc1ccc(N)cc1)C(=O)C(CC(=O)O)C2)c1ccccn1. The molecule has 0 aliphatic carbocycles. The van der Waals surface area contributed by atoms with Gasteiger partial charge in [0.15, 0.2) is 0 Å². The number of anilines is 2. The van der Waals surface area contributed by atoms with E-state index < -0.39 is 18.0 Å². The number of nitrogens with two attached hydrogens (primary N) is 1. The zero-order chi connectivity index (χ0) is 29.9. The van der Waals surface area contributed by atoms with Crippen LogP contribution in [0.2, 0.25) is 0 Å². The van der Waals surface area contributed by atoms with Gasteiger partial charge in [-0.25, -0.2) is 9.78 Å². The molecule has 1 aliphatic heterocycles. The summed E-state index contributed by atoms with van der Waals surface area (Å²) in [5.41, 5.74) is 9.20. The van der Waals surface area contributed by atoms with Gasteiger partial charge in [0.2, 0.25) is 5.91 Å². The van der Waals surface area contributed by atoms with Crippen LogP contribution in [-0.2, 0) is 33.8 Å². The van der Waals surface area contributed by atoms with E-state index in [0.29, 0.717) is 62.9 Å². The van der Waals surface area contributed by atoms with E-state index in [0.717, 1.165) is 29.5 Å². The quantitative estimate of drug-likeness (QED) is 0.214. The second-order valence-corrected chi connectivity index (χ2v) is 10.4. The Morgan fingerprint density at radius 2 is 1.88 bits per heavy atom. The normalized spacial score (nSPS) is 14.5. The highest BCUT2D eigenvalue weighted by Crippen LogP contribution is 2.29. The van der Waals surface area contributed by atoms with Crippen LogP contribution in [0.5, 0.6) is 5.75 Å². The van der Waals surface area contributed by atoms with Crippen molar-refractivity contribution in [2.45, 2.75) is 52.1 Å². The molecule has 3 aromatic rings. The maximum absolute atomic E-state index is 13.4. The number of nitrogens with zero attached hydrogens (tertiary/aromatic N) is 3. The molecule has 0 spiro atoms. The monoisotopic (exact) mass is 574 g/mol. The molecule has 1 unspecified atom stereocenters. The number of carboxylic acids is 1. The first-order chi connectivity index (χ1) is 20.3. The summed E-state index contributed by atoms with van der Waals surface area (Å²) in [6.45, 7) is 3.79. The first-order valence-electron chi connectivity index (χ1n) is 14.3. The fraction of sp³-hybridized carbons (Fsp3) is 0.375. The van der Waals surface area contributed by atoms with Crippen LogP contribution in [0.3, 0.4) is 0 Å². The molecule has 2 aromatic carbocycles. The minimum atomic E-state index is -1.00. The third-order valence-corrected chi connectivity index (χ3v) is 7.10. The van der Waals surface area contributed by atoms with Crippen LogP contribution in [0.4, 0.5) is 16.3 Å². The number of pyridine rings is 1. The van der Waals surface area contributed by atoms with Gasteiger partial charge in [-0.3, -0.25) is 14.5 Å². The molecule has 10 nitrogen and oxygen atoms in total. The van der Waals surface area contributed by atoms with Gasteiger partial charge in [-0.2, -0.15) is 0 Å². The van der Waals surface area contributed by atoms with E-state index in [1.165, 1.54) is 4.90 Å². The van der Waals surface area contributed by atoms with E-state index in [1.807, 2.05) is 43.3 Å². The Kier molecular flexibility index (Phi) is 10.7. The van der Waals surface area contributed by atoms with Gasteiger partial charge in [-0.05, 0) is 72.4 Å². The summed E-state index contributed by atoms with van der Waals surface area (Å²) in [6.07, 6.45) is 3.58. The van der Waals surface area contributed by atoms with Gasteiger partial charge in [0.1, 0.15) is 11.6 Å². The maximum Gasteiger partial charge on any atom is 0.415 e. The summed E-state index contributed by atoms with van der Waals surface area (Å²) in [6, 6.07) is 18.3. The lowest BCUT2D eigenvalue weighted by molar-refractivity contribution is -0.144. The number of aliphatic carboxylic acids is 1. The number of carbonyl (C=O) groups is 3. The largest absolute Gasteiger partial charge is 0.494 e. The van der Waals surface area contributed by atoms with Crippen molar-refractivity contribution >= 4 is 29.5 Å². The Balaban J connectivity index is 1.43. The maximum atomic E-state index is 13.4. The van der Waals surface area contributed by atoms with E-state index in [1.54, 1.807) is 35.4 Å². The summed E-state index contributed by atoms with van der Waals surface area (Å²) < 4.78 is 11.5. The van der Waals surface area contributed by atoms with Gasteiger partial charge in [-0.1, -0.05) is 37.6 Å². The molecule has 2 heterocycles. The molecule has 0 radical (unpaired) electrons. The number of ether oxygens (including phenoxy) is 2. The Morgan fingerprint density at radius 3 is 2.60 bits per heavy atom. The second-order valence-electron chi connectivity index (χ2n) is 10.4. The van der Waals surface area contributed by atoms with Crippen molar-refractivity contribution in [3.63, 3.8) is 0 Å². The number of hydrogen-bond acceptors (Lipinski definition) is 7. The van der Waals surface area contributed by atoms with Crippen LogP contribution in [0, 0.1) is 5.92 Å². The van der Waals surface area contributed by atoms with Crippen molar-refractivity contribution in [2.75, 3.05) is 30.4 Å². The molecule has 4 rings (SSSR count). The summed E-state index contributed by atoms with van der Waals surface area (Å²) in [5, 5.41) is 9.45. The lowest BCUT2D eigenvalue weighted by Gasteiger charge is -2.24. The van der Waals surface area contributed by atoms with Gasteiger partial charge in [0, 0.05) is 31.5 Å². The molecule has 42 heavy (non-hydrogen) atoms. The van der Waals surface area contributed by atoms with Gasteiger partial charge < -0.3 is 25.2 Å². The average molecular weight is 575 g/mol. The van der Waals surface area contributed by atoms with E-state index in [-0.39, 0.29) is 12.3 Å². The van der Waals surface area contributed by atoms with Crippen LogP contribution in [-0.4, -0.2) is 52.7 Å². The lowest BCUT2D eigenvalue weighted by atomic mass is 9.94. The number of carbonyl (C=O) groups excluding carboxylic acids is 2. The van der Waals surface area contributed by atoms with Crippen molar-refractivity contribution in [3.05, 3.63) is 83.6 Å². The first kappa shape index (κ1) is 30.4. The smallest absolute Gasteiger partial charge is 0.415 e.